The molecule has 18 heavy (non-hydrogen) atoms. The number of nitrogens with zero attached hydrogens (tertiary/aromatic N) is 1. The fourth-order valence-electron chi connectivity index (χ4n) is 1.33. The molecule has 0 aliphatic rings. The monoisotopic (exact) mass is 257 g/mol. The van der Waals surface area contributed by atoms with Gasteiger partial charge in [0, 0.05) is 0 Å². The molecule has 1 aromatic rings. The Bertz CT molecular complexity index is 497. The molecule has 0 aromatic heterocycles. The van der Waals surface area contributed by atoms with Crippen LogP contribution in [0.1, 0.15) is 15.9 Å². The van der Waals surface area contributed by atoms with Crippen molar-refractivity contribution in [3.63, 3.8) is 0 Å². The average molecular weight is 257 g/mol. The summed E-state index contributed by atoms with van der Waals surface area (Å²) in [7, 11) is 2.33. The number of carbonyl (C=O) groups excluding carboxylic acids is 1. The zero-order valence-corrected chi connectivity index (χ0v) is 9.57. The normalized spacial score (nSPS) is 9.78. The Balaban J connectivity index is 3.48. The van der Waals surface area contributed by atoms with E-state index >= 15 is 0 Å². The highest BCUT2D eigenvalue weighted by Gasteiger charge is 2.25. The van der Waals surface area contributed by atoms with Gasteiger partial charge in [0.05, 0.1) is 19.8 Å². The first-order chi connectivity index (χ1) is 8.54. The second kappa shape index (κ2) is 5.82. The van der Waals surface area contributed by atoms with Gasteiger partial charge >= 0.3 is 12.6 Å². The molecular formula is C11H9F2NO4. The van der Waals surface area contributed by atoms with Gasteiger partial charge in [-0.3, -0.25) is 0 Å². The SMILES string of the molecule is COC(=O)c1c(OC)ccc(C#N)c1OC(F)F. The minimum Gasteiger partial charge on any atom is -0.496 e. The summed E-state index contributed by atoms with van der Waals surface area (Å²) in [5, 5.41) is 8.81. The number of methoxy groups -OCH3 is 2. The molecule has 96 valence electrons. The second-order valence-electron chi connectivity index (χ2n) is 3.00. The summed E-state index contributed by atoms with van der Waals surface area (Å²) < 4.78 is 38.1. The Hall–Kier alpha value is -2.36. The van der Waals surface area contributed by atoms with Crippen molar-refractivity contribution in [1.29, 1.82) is 5.26 Å². The van der Waals surface area contributed by atoms with Crippen LogP contribution >= 0.6 is 0 Å². The summed E-state index contributed by atoms with van der Waals surface area (Å²) in [5.41, 5.74) is -0.559. The summed E-state index contributed by atoms with van der Waals surface area (Å²) >= 11 is 0. The van der Waals surface area contributed by atoms with Crippen LogP contribution in [0, 0.1) is 11.3 Å². The number of hydrogen-bond donors (Lipinski definition) is 0. The highest BCUT2D eigenvalue weighted by molar-refractivity contribution is 5.96. The summed E-state index contributed by atoms with van der Waals surface area (Å²) in [6, 6.07) is 4.16. The van der Waals surface area contributed by atoms with Gasteiger partial charge in [-0.15, -0.1) is 0 Å². The van der Waals surface area contributed by atoms with E-state index in [0.29, 0.717) is 0 Å². The number of esters is 1. The molecule has 0 saturated heterocycles. The lowest BCUT2D eigenvalue weighted by Crippen LogP contribution is -2.12. The van der Waals surface area contributed by atoms with Crippen LogP contribution in [0.5, 0.6) is 11.5 Å². The third-order valence-corrected chi connectivity index (χ3v) is 2.06. The van der Waals surface area contributed by atoms with E-state index < -0.39 is 18.3 Å². The van der Waals surface area contributed by atoms with Crippen LogP contribution in [0.15, 0.2) is 12.1 Å². The predicted octanol–water partition coefficient (Wildman–Crippen LogP) is 1.95. The van der Waals surface area contributed by atoms with Crippen molar-refractivity contribution in [3.05, 3.63) is 23.3 Å². The summed E-state index contributed by atoms with van der Waals surface area (Å²) in [4.78, 5) is 11.5. The molecule has 0 spiro atoms. The molecule has 1 rings (SSSR count). The lowest BCUT2D eigenvalue weighted by atomic mass is 10.1. The predicted molar refractivity (Wildman–Crippen MR) is 55.7 cm³/mol. The third-order valence-electron chi connectivity index (χ3n) is 2.06. The van der Waals surface area contributed by atoms with E-state index in [9.17, 15) is 13.6 Å². The van der Waals surface area contributed by atoms with Crippen molar-refractivity contribution < 1.29 is 27.8 Å². The van der Waals surface area contributed by atoms with Crippen LogP contribution in [0.25, 0.3) is 0 Å². The lowest BCUT2D eigenvalue weighted by molar-refractivity contribution is -0.0507. The van der Waals surface area contributed by atoms with Gasteiger partial charge in [0.15, 0.2) is 5.75 Å². The number of nitriles is 1. The zero-order valence-electron chi connectivity index (χ0n) is 9.57. The smallest absolute Gasteiger partial charge is 0.387 e. The van der Waals surface area contributed by atoms with Crippen molar-refractivity contribution >= 4 is 5.97 Å². The van der Waals surface area contributed by atoms with Gasteiger partial charge in [-0.1, -0.05) is 0 Å². The van der Waals surface area contributed by atoms with Gasteiger partial charge in [-0.2, -0.15) is 14.0 Å². The van der Waals surface area contributed by atoms with Gasteiger partial charge in [0.1, 0.15) is 17.4 Å². The van der Waals surface area contributed by atoms with Gasteiger partial charge < -0.3 is 14.2 Å². The molecule has 7 heteroatoms. The molecule has 1 aromatic carbocycles. The molecule has 0 unspecified atom stereocenters. The average Bonchev–Trinajstić information content (AvgIpc) is 2.36. The van der Waals surface area contributed by atoms with Gasteiger partial charge in [0.2, 0.25) is 0 Å². The first kappa shape index (κ1) is 13.7. The number of rotatable bonds is 4. The van der Waals surface area contributed by atoms with E-state index in [1.807, 2.05) is 0 Å². The van der Waals surface area contributed by atoms with Crippen LogP contribution in [0.4, 0.5) is 8.78 Å². The number of halogens is 2. The van der Waals surface area contributed by atoms with Crippen LogP contribution in [-0.2, 0) is 4.74 Å². The number of ether oxygens (including phenoxy) is 3. The molecule has 0 heterocycles. The molecule has 0 aliphatic carbocycles. The number of carbonyl (C=O) groups is 1. The number of hydrogen-bond acceptors (Lipinski definition) is 5. The molecule has 0 N–H and O–H groups in total. The molecule has 0 amide bonds. The van der Waals surface area contributed by atoms with E-state index in [-0.39, 0.29) is 16.9 Å². The van der Waals surface area contributed by atoms with Crippen molar-refractivity contribution in [2.45, 2.75) is 6.61 Å². The molecule has 0 fully saturated rings. The third kappa shape index (κ3) is 2.66. The Kier molecular flexibility index (Phi) is 4.43. The van der Waals surface area contributed by atoms with E-state index in [2.05, 4.69) is 9.47 Å². The van der Waals surface area contributed by atoms with E-state index in [0.717, 1.165) is 7.11 Å². The van der Waals surface area contributed by atoms with Crippen LogP contribution < -0.4 is 9.47 Å². The molecule has 0 bridgehead atoms. The highest BCUT2D eigenvalue weighted by atomic mass is 19.3. The van der Waals surface area contributed by atoms with E-state index in [1.54, 1.807) is 6.07 Å². The standard InChI is InChI=1S/C11H9F2NO4/c1-16-7-4-3-6(5-14)9(18-11(12)13)8(7)10(15)17-2/h3-4,11H,1-2H3. The van der Waals surface area contributed by atoms with Gasteiger partial charge in [0.25, 0.3) is 0 Å². The number of benzene rings is 1. The molecular weight excluding hydrogens is 248 g/mol. The van der Waals surface area contributed by atoms with Crippen molar-refractivity contribution in [3.8, 4) is 17.6 Å². The topological polar surface area (TPSA) is 68.5 Å². The zero-order chi connectivity index (χ0) is 13.7. The molecule has 0 aliphatic heterocycles. The highest BCUT2D eigenvalue weighted by Crippen LogP contribution is 2.33. The van der Waals surface area contributed by atoms with Gasteiger partial charge in [-0.25, -0.2) is 4.79 Å². The fraction of sp³-hybridized carbons (Fsp3) is 0.273. The largest absolute Gasteiger partial charge is 0.496 e. The van der Waals surface area contributed by atoms with Crippen LogP contribution in [0.2, 0.25) is 0 Å². The Morgan fingerprint density at radius 1 is 1.39 bits per heavy atom. The summed E-state index contributed by atoms with van der Waals surface area (Å²) in [5.74, 6) is -1.50. The summed E-state index contributed by atoms with van der Waals surface area (Å²) in [6.07, 6.45) is 0. The minimum absolute atomic E-state index is 0.0171. The summed E-state index contributed by atoms with van der Waals surface area (Å²) in [6.45, 7) is -3.17. The molecule has 0 atom stereocenters. The molecule has 5 nitrogen and oxygen atoms in total. The molecule has 0 radical (unpaired) electrons. The first-order valence-corrected chi connectivity index (χ1v) is 4.69. The van der Waals surface area contributed by atoms with E-state index in [1.165, 1.54) is 19.2 Å². The van der Waals surface area contributed by atoms with E-state index in [4.69, 9.17) is 10.00 Å². The number of alkyl halides is 2. The van der Waals surface area contributed by atoms with Gasteiger partial charge in [-0.05, 0) is 12.1 Å². The Morgan fingerprint density at radius 2 is 2.06 bits per heavy atom. The maximum Gasteiger partial charge on any atom is 0.387 e. The second-order valence-corrected chi connectivity index (χ2v) is 3.00. The lowest BCUT2D eigenvalue weighted by Gasteiger charge is -2.13. The van der Waals surface area contributed by atoms with Crippen molar-refractivity contribution in [1.82, 2.24) is 0 Å². The quantitative estimate of drug-likeness (QED) is 0.771. The fourth-order valence-corrected chi connectivity index (χ4v) is 1.33. The minimum atomic E-state index is -3.17. The maximum atomic E-state index is 12.3. The van der Waals surface area contributed by atoms with Crippen LogP contribution in [-0.4, -0.2) is 26.8 Å². The van der Waals surface area contributed by atoms with Crippen molar-refractivity contribution in [2.75, 3.05) is 14.2 Å². The van der Waals surface area contributed by atoms with Crippen molar-refractivity contribution in [2.24, 2.45) is 0 Å². The Labute approximate surface area is 101 Å². The molecule has 0 saturated carbocycles. The maximum absolute atomic E-state index is 12.3. The van der Waals surface area contributed by atoms with Crippen LogP contribution in [0.3, 0.4) is 0 Å². The Morgan fingerprint density at radius 3 is 2.50 bits per heavy atom. The first-order valence-electron chi connectivity index (χ1n) is 4.69.